The van der Waals surface area contributed by atoms with E-state index in [0.29, 0.717) is 21.8 Å². The van der Waals surface area contributed by atoms with Crippen LogP contribution < -0.4 is 16.3 Å². The molecule has 0 amide bonds. The van der Waals surface area contributed by atoms with Crippen LogP contribution in [0.2, 0.25) is 0 Å². The third kappa shape index (κ3) is 3.49. The summed E-state index contributed by atoms with van der Waals surface area (Å²) in [5.41, 5.74) is 3.83. The molecule has 5 N–H and O–H groups in total. The van der Waals surface area contributed by atoms with E-state index in [1.807, 2.05) is 5.38 Å². The molecule has 1 aliphatic heterocycles. The summed E-state index contributed by atoms with van der Waals surface area (Å²) in [5, 5.41) is 15.8. The standard InChI is InChI=1S/C21H24N4O4S2/c1-12-5-4-6-13(11-12)23-25-15-9-10-30-19(15)18(26)17(21(25)27)20-22-14-7-2-3-8-16(14)31(28,29)24-20/h2-3,7-10,12-13,23,26,28-29H,4-6,11H2,1H3,(H,22,24). The summed E-state index contributed by atoms with van der Waals surface area (Å²) in [6.45, 7) is 2.21. The van der Waals surface area contributed by atoms with E-state index in [4.69, 9.17) is 0 Å². The van der Waals surface area contributed by atoms with Gasteiger partial charge in [0, 0.05) is 6.04 Å². The van der Waals surface area contributed by atoms with Crippen LogP contribution in [-0.4, -0.2) is 30.8 Å². The molecule has 2 aliphatic rings. The molecule has 1 saturated carbocycles. The number of anilines is 1. The van der Waals surface area contributed by atoms with Crippen molar-refractivity contribution in [2.45, 2.75) is 43.5 Å². The lowest BCUT2D eigenvalue weighted by Crippen LogP contribution is -2.41. The second-order valence-corrected chi connectivity index (χ2v) is 10.8. The predicted molar refractivity (Wildman–Crippen MR) is 126 cm³/mol. The van der Waals surface area contributed by atoms with Crippen molar-refractivity contribution in [2.24, 2.45) is 10.3 Å². The molecule has 164 valence electrons. The number of amidine groups is 1. The van der Waals surface area contributed by atoms with Gasteiger partial charge in [-0.15, -0.1) is 15.7 Å². The lowest BCUT2D eigenvalue weighted by atomic mass is 9.87. The maximum absolute atomic E-state index is 13.5. The van der Waals surface area contributed by atoms with Gasteiger partial charge in [0.25, 0.3) is 5.56 Å². The van der Waals surface area contributed by atoms with Crippen LogP contribution in [0.15, 0.2) is 49.8 Å². The van der Waals surface area contributed by atoms with Gasteiger partial charge in [-0.05, 0) is 42.3 Å². The third-order valence-electron chi connectivity index (χ3n) is 5.89. The average Bonchev–Trinajstić information content (AvgIpc) is 3.21. The summed E-state index contributed by atoms with van der Waals surface area (Å²) >= 11 is 1.31. The SMILES string of the molecule is CC1CCCC(Nn2c(=O)c(C3=NS(O)(O)c4ccccc4N3)c(O)c3sccc32)C1. The third-order valence-corrected chi connectivity index (χ3v) is 8.19. The summed E-state index contributed by atoms with van der Waals surface area (Å²) in [7, 11) is -3.51. The number of para-hydroxylation sites is 1. The van der Waals surface area contributed by atoms with Gasteiger partial charge in [-0.2, -0.15) is 0 Å². The second-order valence-electron chi connectivity index (χ2n) is 8.18. The van der Waals surface area contributed by atoms with E-state index in [0.717, 1.165) is 19.3 Å². The summed E-state index contributed by atoms with van der Waals surface area (Å²) in [4.78, 5) is 13.8. The van der Waals surface area contributed by atoms with Crippen LogP contribution in [0.4, 0.5) is 5.69 Å². The Balaban J connectivity index is 1.65. The molecule has 0 spiro atoms. The fraction of sp³-hybridized carbons (Fsp3) is 0.333. The number of hydrogen-bond donors (Lipinski definition) is 5. The molecule has 3 aromatic rings. The van der Waals surface area contributed by atoms with Crippen molar-refractivity contribution in [2.75, 3.05) is 10.7 Å². The number of nitrogens with one attached hydrogen (secondary N) is 2. The van der Waals surface area contributed by atoms with Gasteiger partial charge in [0.05, 0.1) is 15.9 Å². The van der Waals surface area contributed by atoms with E-state index >= 15 is 0 Å². The number of pyridine rings is 1. The highest BCUT2D eigenvalue weighted by molar-refractivity contribution is 8.23. The van der Waals surface area contributed by atoms with Crippen molar-refractivity contribution in [3.8, 4) is 5.75 Å². The number of aromatic nitrogens is 1. The Bertz CT molecular complexity index is 1250. The molecule has 5 rings (SSSR count). The number of rotatable bonds is 3. The summed E-state index contributed by atoms with van der Waals surface area (Å²) < 4.78 is 27.2. The molecule has 0 bridgehead atoms. The van der Waals surface area contributed by atoms with Crippen LogP contribution in [0, 0.1) is 5.92 Å². The molecule has 3 heterocycles. The van der Waals surface area contributed by atoms with Crippen LogP contribution >= 0.6 is 22.1 Å². The normalized spacial score (nSPS) is 23.5. The van der Waals surface area contributed by atoms with Crippen molar-refractivity contribution in [3.63, 3.8) is 0 Å². The summed E-state index contributed by atoms with van der Waals surface area (Å²) in [6, 6.07) is 8.62. The monoisotopic (exact) mass is 460 g/mol. The Morgan fingerprint density at radius 1 is 1.26 bits per heavy atom. The minimum absolute atomic E-state index is 0.0518. The fourth-order valence-corrected chi connectivity index (χ4v) is 6.40. The minimum Gasteiger partial charge on any atom is -0.505 e. The average molecular weight is 461 g/mol. The van der Waals surface area contributed by atoms with Crippen LogP contribution in [0.1, 0.15) is 38.2 Å². The minimum atomic E-state index is -3.51. The number of nitrogens with zero attached hydrogens (tertiary/aromatic N) is 2. The van der Waals surface area contributed by atoms with E-state index < -0.39 is 16.3 Å². The molecule has 2 atom stereocenters. The Kier molecular flexibility index (Phi) is 4.97. The smallest absolute Gasteiger partial charge is 0.284 e. The van der Waals surface area contributed by atoms with Gasteiger partial charge in [0.2, 0.25) is 0 Å². The number of fused-ring (bicyclic) bond motifs is 2. The quantitative estimate of drug-likeness (QED) is 0.383. The molecule has 0 saturated heterocycles. The molecular weight excluding hydrogens is 436 g/mol. The molecule has 10 heteroatoms. The Labute approximate surface area is 184 Å². The van der Waals surface area contributed by atoms with Crippen LogP contribution in [-0.2, 0) is 0 Å². The zero-order valence-corrected chi connectivity index (χ0v) is 18.5. The Morgan fingerprint density at radius 3 is 2.87 bits per heavy atom. The first kappa shape index (κ1) is 20.4. The van der Waals surface area contributed by atoms with Crippen molar-refractivity contribution in [1.82, 2.24) is 4.68 Å². The zero-order valence-electron chi connectivity index (χ0n) is 16.9. The van der Waals surface area contributed by atoms with E-state index in [1.54, 1.807) is 30.3 Å². The highest BCUT2D eigenvalue weighted by Crippen LogP contribution is 2.55. The van der Waals surface area contributed by atoms with E-state index in [9.17, 15) is 19.0 Å². The van der Waals surface area contributed by atoms with Crippen molar-refractivity contribution in [1.29, 1.82) is 0 Å². The number of aromatic hydroxyl groups is 1. The predicted octanol–water partition coefficient (Wildman–Crippen LogP) is 4.79. The van der Waals surface area contributed by atoms with Gasteiger partial charge in [-0.3, -0.25) is 13.9 Å². The Hall–Kier alpha value is -2.53. The first-order valence-electron chi connectivity index (χ1n) is 10.2. The number of benzene rings is 1. The van der Waals surface area contributed by atoms with Gasteiger partial charge in [-0.1, -0.05) is 42.7 Å². The molecule has 2 unspecified atom stereocenters. The van der Waals surface area contributed by atoms with Gasteiger partial charge in [0.1, 0.15) is 10.5 Å². The zero-order chi connectivity index (χ0) is 21.8. The molecule has 31 heavy (non-hydrogen) atoms. The molecule has 1 fully saturated rings. The number of hydrogen-bond acceptors (Lipinski definition) is 8. The molecule has 1 aliphatic carbocycles. The molecule has 1 aromatic carbocycles. The molecule has 0 radical (unpaired) electrons. The van der Waals surface area contributed by atoms with Crippen LogP contribution in [0.25, 0.3) is 10.2 Å². The van der Waals surface area contributed by atoms with Gasteiger partial charge < -0.3 is 15.8 Å². The highest BCUT2D eigenvalue weighted by atomic mass is 32.3. The van der Waals surface area contributed by atoms with Crippen LogP contribution in [0.5, 0.6) is 5.75 Å². The Morgan fingerprint density at radius 2 is 2.06 bits per heavy atom. The topological polar surface area (TPSA) is 119 Å². The number of thiophene rings is 1. The first-order chi connectivity index (χ1) is 14.8. The molecule has 2 aromatic heterocycles. The maximum atomic E-state index is 13.5. The van der Waals surface area contributed by atoms with E-state index in [-0.39, 0.29) is 28.1 Å². The maximum Gasteiger partial charge on any atom is 0.284 e. The molecular formula is C21H24N4O4S2. The largest absolute Gasteiger partial charge is 0.505 e. The summed E-state index contributed by atoms with van der Waals surface area (Å²) in [6.07, 6.45) is 4.20. The van der Waals surface area contributed by atoms with E-state index in [2.05, 4.69) is 22.1 Å². The van der Waals surface area contributed by atoms with Crippen molar-refractivity contribution in [3.05, 3.63) is 51.6 Å². The van der Waals surface area contributed by atoms with Gasteiger partial charge >= 0.3 is 0 Å². The lowest BCUT2D eigenvalue weighted by molar-refractivity contribution is 0.345. The lowest BCUT2D eigenvalue weighted by Gasteiger charge is -2.34. The van der Waals surface area contributed by atoms with Crippen molar-refractivity contribution < 1.29 is 14.2 Å². The second kappa shape index (κ2) is 7.56. The van der Waals surface area contributed by atoms with Gasteiger partial charge in [-0.25, -0.2) is 4.68 Å². The van der Waals surface area contributed by atoms with Crippen LogP contribution in [0.3, 0.4) is 0 Å². The highest BCUT2D eigenvalue weighted by Gasteiger charge is 2.31. The fourth-order valence-electron chi connectivity index (χ4n) is 4.41. The summed E-state index contributed by atoms with van der Waals surface area (Å²) in [5.74, 6) is 0.306. The first-order valence-corrected chi connectivity index (χ1v) is 12.6. The van der Waals surface area contributed by atoms with Gasteiger partial charge in [0.15, 0.2) is 11.6 Å². The van der Waals surface area contributed by atoms with Crippen molar-refractivity contribution >= 4 is 43.9 Å². The van der Waals surface area contributed by atoms with E-state index in [1.165, 1.54) is 22.4 Å². The molecule has 8 nitrogen and oxygen atoms in total.